The van der Waals surface area contributed by atoms with Crippen molar-refractivity contribution in [3.05, 3.63) is 69.8 Å². The highest BCUT2D eigenvalue weighted by atomic mass is 19.1. The molecule has 0 radical (unpaired) electrons. The highest BCUT2D eigenvalue weighted by Crippen LogP contribution is 2.43. The van der Waals surface area contributed by atoms with Crippen molar-refractivity contribution in [3.8, 4) is 0 Å². The Labute approximate surface area is 166 Å². The Morgan fingerprint density at radius 3 is 2.76 bits per heavy atom. The molecular weight excluding hydrogens is 373 g/mol. The lowest BCUT2D eigenvalue weighted by molar-refractivity contribution is 0.318. The highest BCUT2D eigenvalue weighted by molar-refractivity contribution is 6.02. The number of pyridine rings is 1. The smallest absolute Gasteiger partial charge is 0.202 e. The number of hydrogen-bond acceptors (Lipinski definition) is 5. The number of nitrogens with one attached hydrogen (secondary N) is 1. The van der Waals surface area contributed by atoms with Gasteiger partial charge in [-0.15, -0.1) is 0 Å². The summed E-state index contributed by atoms with van der Waals surface area (Å²) in [6.45, 7) is 2.36. The number of nitrogens with zero attached hydrogens (tertiary/aromatic N) is 2. The van der Waals surface area contributed by atoms with Gasteiger partial charge in [-0.25, -0.2) is 4.39 Å². The van der Waals surface area contributed by atoms with E-state index in [2.05, 4.69) is 22.6 Å². The Morgan fingerprint density at radius 2 is 2.10 bits per heavy atom. The molecule has 0 amide bonds. The van der Waals surface area contributed by atoms with Crippen molar-refractivity contribution >= 4 is 28.1 Å². The lowest BCUT2D eigenvalue weighted by Gasteiger charge is -2.16. The number of fused-ring (bicyclic) bond motifs is 1. The molecule has 3 aromatic rings. The molecule has 0 unspecified atom stereocenters. The van der Waals surface area contributed by atoms with Gasteiger partial charge in [0.1, 0.15) is 0 Å². The first-order chi connectivity index (χ1) is 14.0. The number of benzene rings is 2. The first kappa shape index (κ1) is 18.8. The topological polar surface area (TPSA) is 119 Å². The van der Waals surface area contributed by atoms with E-state index in [1.54, 1.807) is 10.6 Å². The van der Waals surface area contributed by atoms with Gasteiger partial charge < -0.3 is 26.6 Å². The molecule has 150 valence electrons. The van der Waals surface area contributed by atoms with Crippen molar-refractivity contribution < 1.29 is 9.60 Å². The van der Waals surface area contributed by atoms with E-state index in [1.807, 2.05) is 25.1 Å². The number of aryl methyl sites for hydroxylation is 1. The van der Waals surface area contributed by atoms with Gasteiger partial charge in [0.15, 0.2) is 11.7 Å². The third-order valence-electron chi connectivity index (χ3n) is 5.43. The summed E-state index contributed by atoms with van der Waals surface area (Å²) in [5.74, 6) is -0.707. The highest BCUT2D eigenvalue weighted by Gasteiger charge is 2.39. The Balaban J connectivity index is 1.78. The maximum Gasteiger partial charge on any atom is 0.202 e. The molecule has 1 saturated carbocycles. The molecule has 6 N–H and O–H groups in total. The zero-order valence-corrected chi connectivity index (χ0v) is 15.9. The Bertz CT molecular complexity index is 1170. The van der Waals surface area contributed by atoms with E-state index < -0.39 is 11.2 Å². The molecule has 0 spiro atoms. The fourth-order valence-electron chi connectivity index (χ4n) is 3.77. The lowest BCUT2D eigenvalue weighted by Crippen LogP contribution is -2.26. The van der Waals surface area contributed by atoms with Crippen molar-refractivity contribution in [2.75, 3.05) is 11.1 Å². The molecule has 1 aromatic heterocycles. The lowest BCUT2D eigenvalue weighted by atomic mass is 10.1. The number of amidine groups is 1. The van der Waals surface area contributed by atoms with Gasteiger partial charge in [0, 0.05) is 24.7 Å². The van der Waals surface area contributed by atoms with Gasteiger partial charge in [0.25, 0.3) is 0 Å². The van der Waals surface area contributed by atoms with E-state index in [0.717, 1.165) is 6.42 Å². The van der Waals surface area contributed by atoms with E-state index in [-0.39, 0.29) is 34.2 Å². The van der Waals surface area contributed by atoms with Crippen molar-refractivity contribution in [2.45, 2.75) is 31.8 Å². The maximum atomic E-state index is 15.0. The van der Waals surface area contributed by atoms with Crippen LogP contribution in [0.15, 0.2) is 52.5 Å². The maximum absolute atomic E-state index is 15.0. The molecule has 7 nitrogen and oxygen atoms in total. The second kappa shape index (κ2) is 7.12. The van der Waals surface area contributed by atoms with Crippen molar-refractivity contribution in [2.24, 2.45) is 10.9 Å². The monoisotopic (exact) mass is 395 g/mol. The van der Waals surface area contributed by atoms with Crippen LogP contribution in [0.25, 0.3) is 10.9 Å². The van der Waals surface area contributed by atoms with Gasteiger partial charge in [-0.05, 0) is 25.0 Å². The normalized spacial score (nSPS) is 18.8. The zero-order valence-electron chi connectivity index (χ0n) is 15.9. The number of hydrogen-bond donors (Lipinski definition) is 4. The van der Waals surface area contributed by atoms with E-state index in [0.29, 0.717) is 18.0 Å². The van der Waals surface area contributed by atoms with Crippen molar-refractivity contribution in [1.82, 2.24) is 4.57 Å². The molecule has 8 heteroatoms. The minimum Gasteiger partial charge on any atom is -0.409 e. The van der Waals surface area contributed by atoms with Crippen LogP contribution < -0.4 is 22.2 Å². The Hall–Kier alpha value is -3.55. The minimum absolute atomic E-state index is 0.0226. The van der Waals surface area contributed by atoms with Crippen LogP contribution in [0.5, 0.6) is 0 Å². The van der Waals surface area contributed by atoms with Gasteiger partial charge in [0.05, 0.1) is 27.8 Å². The van der Waals surface area contributed by atoms with Gasteiger partial charge in [0.2, 0.25) is 5.43 Å². The van der Waals surface area contributed by atoms with Crippen LogP contribution in [0.3, 0.4) is 0 Å². The van der Waals surface area contributed by atoms with Gasteiger partial charge in [-0.3, -0.25) is 4.79 Å². The van der Waals surface area contributed by atoms with Crippen LogP contribution >= 0.6 is 0 Å². The second-order valence-corrected chi connectivity index (χ2v) is 7.19. The minimum atomic E-state index is -0.673. The molecule has 1 fully saturated rings. The molecule has 2 aromatic carbocycles. The molecule has 2 atom stereocenters. The SMILES string of the molecule is CCn1cc(C(N)=NO)c(=O)c2c(N)c(F)c(N[C@@H]3C[C@H]3c3ccccc3)cc21. The molecular formula is C21H22FN5O2. The van der Waals surface area contributed by atoms with E-state index in [9.17, 15) is 4.79 Å². The van der Waals surface area contributed by atoms with Gasteiger partial charge in [-0.2, -0.15) is 0 Å². The third-order valence-corrected chi connectivity index (χ3v) is 5.43. The van der Waals surface area contributed by atoms with E-state index >= 15 is 4.39 Å². The van der Waals surface area contributed by atoms with E-state index in [1.165, 1.54) is 11.8 Å². The Morgan fingerprint density at radius 1 is 1.38 bits per heavy atom. The fourth-order valence-corrected chi connectivity index (χ4v) is 3.77. The zero-order chi connectivity index (χ0) is 20.7. The summed E-state index contributed by atoms with van der Waals surface area (Å²) in [5.41, 5.74) is 12.7. The van der Waals surface area contributed by atoms with Crippen LogP contribution in [0, 0.1) is 5.82 Å². The third kappa shape index (κ3) is 3.16. The Kier molecular flexibility index (Phi) is 4.62. The largest absolute Gasteiger partial charge is 0.409 e. The molecule has 1 heterocycles. The summed E-state index contributed by atoms with van der Waals surface area (Å²) in [4.78, 5) is 12.8. The summed E-state index contributed by atoms with van der Waals surface area (Å²) in [7, 11) is 0. The number of nitrogens with two attached hydrogens (primary N) is 2. The summed E-state index contributed by atoms with van der Waals surface area (Å²) < 4.78 is 16.8. The number of oxime groups is 1. The van der Waals surface area contributed by atoms with Gasteiger partial charge in [-0.1, -0.05) is 35.5 Å². The van der Waals surface area contributed by atoms with Crippen molar-refractivity contribution in [3.63, 3.8) is 0 Å². The quantitative estimate of drug-likeness (QED) is 0.174. The van der Waals surface area contributed by atoms with Crippen LogP contribution in [0.4, 0.5) is 15.8 Å². The molecule has 29 heavy (non-hydrogen) atoms. The summed E-state index contributed by atoms with van der Waals surface area (Å²) in [6.07, 6.45) is 2.38. The van der Waals surface area contributed by atoms with Crippen molar-refractivity contribution in [1.29, 1.82) is 0 Å². The number of halogens is 1. The fraction of sp³-hybridized carbons (Fsp3) is 0.238. The average Bonchev–Trinajstić information content (AvgIpc) is 3.51. The second-order valence-electron chi connectivity index (χ2n) is 7.19. The summed E-state index contributed by atoms with van der Waals surface area (Å²) in [6, 6.07) is 11.7. The predicted molar refractivity (Wildman–Crippen MR) is 112 cm³/mol. The van der Waals surface area contributed by atoms with Crippen LogP contribution in [0.2, 0.25) is 0 Å². The molecule has 1 aliphatic rings. The number of rotatable bonds is 5. The van der Waals surface area contributed by atoms with Crippen LogP contribution in [-0.4, -0.2) is 21.7 Å². The first-order valence-corrected chi connectivity index (χ1v) is 9.40. The molecule has 0 saturated heterocycles. The molecule has 4 rings (SSSR count). The van der Waals surface area contributed by atoms with Crippen LogP contribution in [0.1, 0.15) is 30.4 Å². The standard InChI is InChI=1S/C21H22FN5O2/c1-2-27-10-13(21(24)26-29)20(28)17-16(27)9-15(18(22)19(17)23)25-14-8-12(14)11-6-4-3-5-7-11/h3-7,9-10,12,14,25,29H,2,8,23H2,1H3,(H2,24,26)/t12-,14+/m0/s1. The number of anilines is 2. The van der Waals surface area contributed by atoms with E-state index in [4.69, 9.17) is 16.7 Å². The predicted octanol–water partition coefficient (Wildman–Crippen LogP) is 2.81. The summed E-state index contributed by atoms with van der Waals surface area (Å²) in [5, 5.41) is 15.1. The molecule has 0 bridgehead atoms. The van der Waals surface area contributed by atoms with Gasteiger partial charge >= 0.3 is 0 Å². The van der Waals surface area contributed by atoms with Crippen LogP contribution in [-0.2, 0) is 6.54 Å². The first-order valence-electron chi connectivity index (χ1n) is 9.40. The molecule has 1 aliphatic carbocycles. The summed E-state index contributed by atoms with van der Waals surface area (Å²) >= 11 is 0. The number of aromatic nitrogens is 1. The molecule has 0 aliphatic heterocycles. The number of nitrogen functional groups attached to an aromatic ring is 1. The average molecular weight is 395 g/mol.